The number of thiophene rings is 1. The van der Waals surface area contributed by atoms with Gasteiger partial charge in [0.2, 0.25) is 0 Å². The lowest BCUT2D eigenvalue weighted by atomic mass is 9.94. The molecule has 154 valence electrons. The van der Waals surface area contributed by atoms with Crippen molar-refractivity contribution in [2.75, 3.05) is 0 Å². The minimum absolute atomic E-state index is 0.122. The lowest BCUT2D eigenvalue weighted by molar-refractivity contribution is -0.140. The molecule has 1 atom stereocenters. The number of aryl methyl sites for hydroxylation is 1. The smallest absolute Gasteiger partial charge is 0.295 e. The molecule has 0 spiro atoms. The highest BCUT2D eigenvalue weighted by Gasteiger charge is 2.46. The summed E-state index contributed by atoms with van der Waals surface area (Å²) in [7, 11) is 0. The van der Waals surface area contributed by atoms with E-state index in [4.69, 9.17) is 0 Å². The van der Waals surface area contributed by atoms with E-state index in [0.717, 1.165) is 26.9 Å². The van der Waals surface area contributed by atoms with Crippen LogP contribution in [0.5, 0.6) is 0 Å². The third-order valence-corrected chi connectivity index (χ3v) is 6.51. The molecular weight excluding hydrogens is 408 g/mol. The Kier molecular flexibility index (Phi) is 4.71. The Balaban J connectivity index is 1.71. The number of hydrogen-bond acceptors (Lipinski definition) is 4. The molecule has 1 fully saturated rings. The number of aliphatic hydroxyl groups is 1. The van der Waals surface area contributed by atoms with E-state index in [1.165, 1.54) is 11.3 Å². The first-order chi connectivity index (χ1) is 15.0. The summed E-state index contributed by atoms with van der Waals surface area (Å²) in [5.41, 5.74) is 3.31. The van der Waals surface area contributed by atoms with Gasteiger partial charge in [0.15, 0.2) is 0 Å². The maximum absolute atomic E-state index is 13.2. The lowest BCUT2D eigenvalue weighted by Gasteiger charge is -2.25. The number of aromatic nitrogens is 1. The van der Waals surface area contributed by atoms with Crippen molar-refractivity contribution >= 4 is 39.7 Å². The van der Waals surface area contributed by atoms with E-state index >= 15 is 0 Å². The molecule has 2 N–H and O–H groups in total. The molecule has 0 radical (unpaired) electrons. The van der Waals surface area contributed by atoms with Gasteiger partial charge in [-0.05, 0) is 30.0 Å². The molecule has 5 nitrogen and oxygen atoms in total. The molecule has 6 heteroatoms. The van der Waals surface area contributed by atoms with E-state index in [-0.39, 0.29) is 11.3 Å². The van der Waals surface area contributed by atoms with Crippen LogP contribution in [0.15, 0.2) is 77.8 Å². The van der Waals surface area contributed by atoms with Gasteiger partial charge in [-0.1, -0.05) is 54.1 Å². The molecule has 2 aromatic carbocycles. The number of benzene rings is 2. The van der Waals surface area contributed by atoms with Gasteiger partial charge in [0, 0.05) is 27.5 Å². The zero-order valence-electron chi connectivity index (χ0n) is 16.8. The summed E-state index contributed by atoms with van der Waals surface area (Å²) >= 11 is 1.53. The summed E-state index contributed by atoms with van der Waals surface area (Å²) in [6, 6.07) is 18.5. The number of rotatable bonds is 4. The molecule has 1 saturated heterocycles. The summed E-state index contributed by atoms with van der Waals surface area (Å²) in [5, 5.41) is 14.0. The molecule has 0 saturated carbocycles. The number of fused-ring (bicyclic) bond motifs is 1. The number of carbonyl (C=O) groups is 2. The Labute approximate surface area is 183 Å². The van der Waals surface area contributed by atoms with Gasteiger partial charge >= 0.3 is 0 Å². The number of hydrogen-bond donors (Lipinski definition) is 2. The van der Waals surface area contributed by atoms with Gasteiger partial charge in [0.25, 0.3) is 11.7 Å². The first-order valence-corrected chi connectivity index (χ1v) is 10.9. The fourth-order valence-electron chi connectivity index (χ4n) is 4.21. The third-order valence-electron chi connectivity index (χ3n) is 5.65. The van der Waals surface area contributed by atoms with Gasteiger partial charge in [0.1, 0.15) is 5.76 Å². The van der Waals surface area contributed by atoms with Crippen LogP contribution in [0.25, 0.3) is 16.7 Å². The number of ketones is 1. The zero-order chi connectivity index (χ0) is 21.5. The van der Waals surface area contributed by atoms with Gasteiger partial charge < -0.3 is 15.0 Å². The zero-order valence-corrected chi connectivity index (χ0v) is 17.6. The Hall–Kier alpha value is -3.64. The second kappa shape index (κ2) is 7.56. The Morgan fingerprint density at radius 2 is 1.94 bits per heavy atom. The Bertz CT molecular complexity index is 1330. The average molecular weight is 429 g/mol. The fraction of sp³-hybridized carbons (Fsp3) is 0.120. The van der Waals surface area contributed by atoms with Crippen molar-refractivity contribution in [3.8, 4) is 0 Å². The van der Waals surface area contributed by atoms with Crippen LogP contribution in [0.1, 0.15) is 27.6 Å². The third kappa shape index (κ3) is 3.25. The predicted octanol–water partition coefficient (Wildman–Crippen LogP) is 5.16. The van der Waals surface area contributed by atoms with Gasteiger partial charge in [-0.3, -0.25) is 9.59 Å². The second-order valence-corrected chi connectivity index (χ2v) is 8.70. The molecule has 1 aliphatic rings. The molecule has 1 amide bonds. The number of nitrogens with one attached hydrogen (secondary N) is 1. The van der Waals surface area contributed by atoms with Gasteiger partial charge in [-0.15, -0.1) is 11.3 Å². The highest BCUT2D eigenvalue weighted by atomic mass is 32.1. The largest absolute Gasteiger partial charge is 0.507 e. The molecule has 31 heavy (non-hydrogen) atoms. The van der Waals surface area contributed by atoms with E-state index in [0.29, 0.717) is 12.1 Å². The minimum Gasteiger partial charge on any atom is -0.507 e. The second-order valence-electron chi connectivity index (χ2n) is 7.67. The quantitative estimate of drug-likeness (QED) is 0.268. The maximum Gasteiger partial charge on any atom is 0.295 e. The summed E-state index contributed by atoms with van der Waals surface area (Å²) in [4.78, 5) is 31.9. The van der Waals surface area contributed by atoms with Crippen LogP contribution in [0.2, 0.25) is 0 Å². The van der Waals surface area contributed by atoms with Crippen LogP contribution in [-0.2, 0) is 16.1 Å². The summed E-state index contributed by atoms with van der Waals surface area (Å²) in [6.45, 7) is 2.28. The lowest BCUT2D eigenvalue weighted by Crippen LogP contribution is -2.28. The standard InChI is InChI=1S/C25H20N2O3S/c1-15-6-4-7-16(12-15)22-21(23(28)19-13-26-20-10-3-2-9-18(19)20)24(29)25(30)27(22)14-17-8-5-11-31-17/h2-13,22,26,28H,14H2,1H3/b23-21-. The van der Waals surface area contributed by atoms with Crippen LogP contribution in [0, 0.1) is 6.92 Å². The van der Waals surface area contributed by atoms with Gasteiger partial charge in [0.05, 0.1) is 18.2 Å². The fourth-order valence-corrected chi connectivity index (χ4v) is 4.92. The van der Waals surface area contributed by atoms with E-state index in [2.05, 4.69) is 4.98 Å². The van der Waals surface area contributed by atoms with Crippen LogP contribution in [0.3, 0.4) is 0 Å². The molecule has 4 aromatic rings. The highest BCUT2D eigenvalue weighted by Crippen LogP contribution is 2.41. The van der Waals surface area contributed by atoms with Gasteiger partial charge in [-0.2, -0.15) is 0 Å². The highest BCUT2D eigenvalue weighted by molar-refractivity contribution is 7.09. The average Bonchev–Trinajstić information content (AvgIpc) is 3.49. The van der Waals surface area contributed by atoms with E-state index < -0.39 is 17.7 Å². The molecule has 3 heterocycles. The summed E-state index contributed by atoms with van der Waals surface area (Å²) in [5.74, 6) is -1.41. The molecule has 1 aliphatic heterocycles. The molecule has 2 aromatic heterocycles. The number of nitrogens with zero attached hydrogens (tertiary/aromatic N) is 1. The van der Waals surface area contributed by atoms with Gasteiger partial charge in [-0.25, -0.2) is 0 Å². The number of amides is 1. The first kappa shape index (κ1) is 19.3. The molecule has 5 rings (SSSR count). The number of H-pyrrole nitrogens is 1. The van der Waals surface area contributed by atoms with Crippen LogP contribution in [0.4, 0.5) is 0 Å². The van der Waals surface area contributed by atoms with Crippen LogP contribution >= 0.6 is 11.3 Å². The van der Waals surface area contributed by atoms with Crippen molar-refractivity contribution in [1.82, 2.24) is 9.88 Å². The molecule has 0 bridgehead atoms. The number of aliphatic hydroxyl groups excluding tert-OH is 1. The summed E-state index contributed by atoms with van der Waals surface area (Å²) in [6.07, 6.45) is 1.68. The molecular formula is C25H20N2O3S. The molecule has 0 aliphatic carbocycles. The normalized spacial score (nSPS) is 18.2. The molecule has 1 unspecified atom stereocenters. The van der Waals surface area contributed by atoms with Crippen molar-refractivity contribution in [1.29, 1.82) is 0 Å². The predicted molar refractivity (Wildman–Crippen MR) is 122 cm³/mol. The number of carbonyl (C=O) groups excluding carboxylic acids is 2. The first-order valence-electron chi connectivity index (χ1n) is 9.98. The van der Waals surface area contributed by atoms with E-state index in [9.17, 15) is 14.7 Å². The topological polar surface area (TPSA) is 73.4 Å². The van der Waals surface area contributed by atoms with Crippen LogP contribution < -0.4 is 0 Å². The van der Waals surface area contributed by atoms with E-state index in [1.807, 2.05) is 73.0 Å². The number of likely N-dealkylation sites (tertiary alicyclic amines) is 1. The van der Waals surface area contributed by atoms with Crippen molar-refractivity contribution in [2.24, 2.45) is 0 Å². The van der Waals surface area contributed by atoms with Crippen molar-refractivity contribution in [3.63, 3.8) is 0 Å². The van der Waals surface area contributed by atoms with Crippen molar-refractivity contribution in [3.05, 3.63) is 99.4 Å². The van der Waals surface area contributed by atoms with Crippen molar-refractivity contribution < 1.29 is 14.7 Å². The number of Topliss-reactive ketones (excluding diaryl/α,β-unsaturated/α-hetero) is 1. The van der Waals surface area contributed by atoms with Crippen molar-refractivity contribution in [2.45, 2.75) is 19.5 Å². The summed E-state index contributed by atoms with van der Waals surface area (Å²) < 4.78 is 0. The number of aromatic amines is 1. The Morgan fingerprint density at radius 1 is 1.10 bits per heavy atom. The SMILES string of the molecule is Cc1cccc(C2/C(=C(/O)c3c[nH]c4ccccc34)C(=O)C(=O)N2Cc2cccs2)c1. The van der Waals surface area contributed by atoms with E-state index in [1.54, 1.807) is 11.1 Å². The monoisotopic (exact) mass is 428 g/mol. The minimum atomic E-state index is -0.661. The van der Waals surface area contributed by atoms with Crippen LogP contribution in [-0.4, -0.2) is 26.7 Å². The maximum atomic E-state index is 13.2. The Morgan fingerprint density at radius 3 is 2.71 bits per heavy atom. The number of para-hydroxylation sites is 1.